The lowest BCUT2D eigenvalue weighted by Gasteiger charge is -2.16. The quantitative estimate of drug-likeness (QED) is 0.622. The Morgan fingerprint density at radius 1 is 0.706 bits per heavy atom. The molecule has 0 aromatic carbocycles. The van der Waals surface area contributed by atoms with E-state index >= 15 is 0 Å². The first-order valence-electron chi connectivity index (χ1n) is 7.54. The van der Waals surface area contributed by atoms with Crippen molar-refractivity contribution in [2.24, 2.45) is 0 Å². The maximum atomic E-state index is 11.8. The van der Waals surface area contributed by atoms with Gasteiger partial charge in [-0.05, 0) is 12.8 Å². The first kappa shape index (κ1) is 14.5. The van der Waals surface area contributed by atoms with Crippen LogP contribution in [0.15, 0.2) is 0 Å². The third kappa shape index (κ3) is 7.40. The Kier molecular flexibility index (Phi) is 8.12. The van der Waals surface area contributed by atoms with Crippen molar-refractivity contribution in [3.05, 3.63) is 0 Å². The molecule has 1 heterocycles. The van der Waals surface area contributed by atoms with Gasteiger partial charge < -0.3 is 4.90 Å². The van der Waals surface area contributed by atoms with Crippen LogP contribution >= 0.6 is 0 Å². The molecule has 2 nitrogen and oxygen atoms in total. The molecule has 0 aromatic rings. The van der Waals surface area contributed by atoms with Gasteiger partial charge in [-0.1, -0.05) is 57.8 Å². The van der Waals surface area contributed by atoms with Crippen molar-refractivity contribution in [3.63, 3.8) is 0 Å². The van der Waals surface area contributed by atoms with E-state index in [1.807, 2.05) is 11.9 Å². The summed E-state index contributed by atoms with van der Waals surface area (Å²) in [5.74, 6) is 0.347. The summed E-state index contributed by atoms with van der Waals surface area (Å²) in [6, 6.07) is 0. The first-order valence-corrected chi connectivity index (χ1v) is 7.54. The van der Waals surface area contributed by atoms with Crippen LogP contribution in [0.2, 0.25) is 0 Å². The van der Waals surface area contributed by atoms with Gasteiger partial charge >= 0.3 is 0 Å². The monoisotopic (exact) mass is 239 g/mol. The Hall–Kier alpha value is -0.530. The van der Waals surface area contributed by atoms with Crippen molar-refractivity contribution in [1.29, 1.82) is 0 Å². The van der Waals surface area contributed by atoms with Crippen LogP contribution in [0, 0.1) is 0 Å². The molecule has 1 aliphatic heterocycles. The van der Waals surface area contributed by atoms with E-state index in [0.717, 1.165) is 19.4 Å². The van der Waals surface area contributed by atoms with E-state index in [1.165, 1.54) is 64.2 Å². The van der Waals surface area contributed by atoms with Crippen LogP contribution in [0.25, 0.3) is 0 Å². The number of rotatable bonds is 0. The molecule has 1 saturated heterocycles. The average molecular weight is 239 g/mol. The van der Waals surface area contributed by atoms with Crippen LogP contribution in [-0.2, 0) is 4.79 Å². The van der Waals surface area contributed by atoms with E-state index in [0.29, 0.717) is 5.91 Å². The first-order chi connectivity index (χ1) is 8.30. The molecule has 2 heteroatoms. The van der Waals surface area contributed by atoms with Gasteiger partial charge in [0.15, 0.2) is 0 Å². The third-order valence-corrected chi connectivity index (χ3v) is 3.81. The molecule has 0 N–H and O–H groups in total. The maximum absolute atomic E-state index is 11.8. The number of hydrogen-bond donors (Lipinski definition) is 0. The lowest BCUT2D eigenvalue weighted by atomic mass is 10.1. The smallest absolute Gasteiger partial charge is 0.222 e. The van der Waals surface area contributed by atoms with Crippen LogP contribution in [0.1, 0.15) is 77.0 Å². The highest BCUT2D eigenvalue weighted by Crippen LogP contribution is 2.13. The van der Waals surface area contributed by atoms with Crippen molar-refractivity contribution >= 4 is 5.91 Å². The van der Waals surface area contributed by atoms with Gasteiger partial charge in [0.25, 0.3) is 0 Å². The summed E-state index contributed by atoms with van der Waals surface area (Å²) in [7, 11) is 1.96. The molecule has 0 radical (unpaired) electrons. The lowest BCUT2D eigenvalue weighted by Crippen LogP contribution is -2.27. The van der Waals surface area contributed by atoms with Gasteiger partial charge in [0, 0.05) is 20.0 Å². The highest BCUT2D eigenvalue weighted by molar-refractivity contribution is 5.75. The standard InChI is InChI=1S/C15H29NO/c1-16-14-12-10-8-6-4-2-3-5-7-9-11-13-15(16)17/h2-14H2,1H3. The van der Waals surface area contributed by atoms with E-state index < -0.39 is 0 Å². The van der Waals surface area contributed by atoms with Gasteiger partial charge in [0.05, 0.1) is 0 Å². The van der Waals surface area contributed by atoms with Gasteiger partial charge in [-0.25, -0.2) is 0 Å². The minimum absolute atomic E-state index is 0.347. The Labute approximate surface area is 107 Å². The molecule has 0 spiro atoms. The zero-order valence-electron chi connectivity index (χ0n) is 11.5. The Balaban J connectivity index is 2.24. The average Bonchev–Trinajstić information content (AvgIpc) is 2.34. The fourth-order valence-electron chi connectivity index (χ4n) is 2.53. The third-order valence-electron chi connectivity index (χ3n) is 3.81. The molecule has 0 aromatic heterocycles. The molecular weight excluding hydrogens is 210 g/mol. The molecule has 0 unspecified atom stereocenters. The molecule has 0 bridgehead atoms. The largest absolute Gasteiger partial charge is 0.346 e. The van der Waals surface area contributed by atoms with Crippen molar-refractivity contribution in [2.75, 3.05) is 13.6 Å². The normalized spacial score (nSPS) is 22.9. The minimum Gasteiger partial charge on any atom is -0.346 e. The van der Waals surface area contributed by atoms with Gasteiger partial charge in [-0.15, -0.1) is 0 Å². The van der Waals surface area contributed by atoms with Crippen LogP contribution in [0.5, 0.6) is 0 Å². The predicted octanol–water partition coefficient (Wildman–Crippen LogP) is 4.14. The summed E-state index contributed by atoms with van der Waals surface area (Å²) in [5, 5.41) is 0. The van der Waals surface area contributed by atoms with Crippen molar-refractivity contribution in [1.82, 2.24) is 4.90 Å². The molecule has 0 aliphatic carbocycles. The van der Waals surface area contributed by atoms with E-state index in [1.54, 1.807) is 0 Å². The summed E-state index contributed by atoms with van der Waals surface area (Å²) in [6.07, 6.45) is 15.2. The zero-order chi connectivity index (χ0) is 12.3. The number of carbonyl (C=O) groups excluding carboxylic acids is 1. The number of amides is 1. The molecule has 17 heavy (non-hydrogen) atoms. The van der Waals surface area contributed by atoms with E-state index in [2.05, 4.69) is 0 Å². The second kappa shape index (κ2) is 9.49. The van der Waals surface area contributed by atoms with Crippen molar-refractivity contribution in [2.45, 2.75) is 77.0 Å². The SMILES string of the molecule is CN1CCCCCCCCCCCCCC1=O. The minimum atomic E-state index is 0.347. The van der Waals surface area contributed by atoms with Crippen molar-refractivity contribution in [3.8, 4) is 0 Å². The van der Waals surface area contributed by atoms with Crippen LogP contribution in [-0.4, -0.2) is 24.4 Å². The van der Waals surface area contributed by atoms with Gasteiger partial charge in [-0.3, -0.25) is 4.79 Å². The van der Waals surface area contributed by atoms with E-state index in [9.17, 15) is 4.79 Å². The lowest BCUT2D eigenvalue weighted by molar-refractivity contribution is -0.130. The Morgan fingerprint density at radius 3 is 1.65 bits per heavy atom. The highest BCUT2D eigenvalue weighted by Gasteiger charge is 2.07. The fraction of sp³-hybridized carbons (Fsp3) is 0.933. The Bertz CT molecular complexity index is 203. The molecule has 100 valence electrons. The second-order valence-electron chi connectivity index (χ2n) is 5.45. The van der Waals surface area contributed by atoms with Gasteiger partial charge in [-0.2, -0.15) is 0 Å². The second-order valence-corrected chi connectivity index (χ2v) is 5.45. The summed E-state index contributed by atoms with van der Waals surface area (Å²) in [6.45, 7) is 0.957. The van der Waals surface area contributed by atoms with E-state index in [4.69, 9.17) is 0 Å². The molecule has 0 saturated carbocycles. The van der Waals surface area contributed by atoms with E-state index in [-0.39, 0.29) is 0 Å². The molecule has 1 rings (SSSR count). The Morgan fingerprint density at radius 2 is 1.12 bits per heavy atom. The van der Waals surface area contributed by atoms with Crippen molar-refractivity contribution < 1.29 is 4.79 Å². The molecule has 1 aliphatic rings. The molecule has 0 atom stereocenters. The summed E-state index contributed by atoms with van der Waals surface area (Å²) < 4.78 is 0. The fourth-order valence-corrected chi connectivity index (χ4v) is 2.53. The van der Waals surface area contributed by atoms with Gasteiger partial charge in [0.2, 0.25) is 5.91 Å². The number of carbonyl (C=O) groups is 1. The molecule has 1 amide bonds. The van der Waals surface area contributed by atoms with Gasteiger partial charge in [0.1, 0.15) is 0 Å². The predicted molar refractivity (Wildman–Crippen MR) is 73.0 cm³/mol. The number of hydrogen-bond acceptors (Lipinski definition) is 1. The zero-order valence-corrected chi connectivity index (χ0v) is 11.5. The summed E-state index contributed by atoms with van der Waals surface area (Å²) >= 11 is 0. The summed E-state index contributed by atoms with van der Waals surface area (Å²) in [5.41, 5.74) is 0. The van der Waals surface area contributed by atoms with Crippen LogP contribution in [0.3, 0.4) is 0 Å². The summed E-state index contributed by atoms with van der Waals surface area (Å²) in [4.78, 5) is 13.7. The van der Waals surface area contributed by atoms with Crippen LogP contribution < -0.4 is 0 Å². The molecule has 1 fully saturated rings. The maximum Gasteiger partial charge on any atom is 0.222 e. The number of nitrogens with zero attached hydrogens (tertiary/aromatic N) is 1. The molecular formula is C15H29NO. The topological polar surface area (TPSA) is 20.3 Å². The van der Waals surface area contributed by atoms with Crippen LogP contribution in [0.4, 0.5) is 0 Å². The highest BCUT2D eigenvalue weighted by atomic mass is 16.2.